The Morgan fingerprint density at radius 3 is 2.07 bits per heavy atom. The quantitative estimate of drug-likeness (QED) is 0.512. The molecule has 1 aliphatic rings. The summed E-state index contributed by atoms with van der Waals surface area (Å²) in [6.45, 7) is 4.01. The third kappa shape index (κ3) is 2.81. The van der Waals surface area contributed by atoms with Crippen LogP contribution < -0.4 is 0 Å². The summed E-state index contributed by atoms with van der Waals surface area (Å²) < 4.78 is 0. The van der Waals surface area contributed by atoms with Crippen LogP contribution in [-0.4, -0.2) is 29.8 Å². The molecule has 0 unspecified atom stereocenters. The fraction of sp³-hybridized carbons (Fsp3) is 0.917. The van der Waals surface area contributed by atoms with Gasteiger partial charge in [0.05, 0.1) is 5.54 Å². The van der Waals surface area contributed by atoms with Gasteiger partial charge < -0.3 is 4.79 Å². The first kappa shape index (κ1) is 11.7. The van der Waals surface area contributed by atoms with E-state index in [9.17, 15) is 4.79 Å². The summed E-state index contributed by atoms with van der Waals surface area (Å²) in [5.74, 6) is 0. The van der Waals surface area contributed by atoms with Gasteiger partial charge in [0.25, 0.3) is 0 Å². The van der Waals surface area contributed by atoms with Gasteiger partial charge >= 0.3 is 0 Å². The second-order valence-corrected chi connectivity index (χ2v) is 5.03. The lowest BCUT2D eigenvalue weighted by molar-refractivity contribution is -0.117. The van der Waals surface area contributed by atoms with Gasteiger partial charge in [-0.25, -0.2) is 0 Å². The molecule has 1 fully saturated rings. The topological polar surface area (TPSA) is 20.3 Å². The number of likely N-dealkylation sites (N-methyl/N-ethyl adjacent to an activating group) is 1. The lowest BCUT2D eigenvalue weighted by Crippen LogP contribution is -2.48. The second-order valence-electron chi connectivity index (χ2n) is 5.03. The molecule has 1 aliphatic carbocycles. The fourth-order valence-corrected chi connectivity index (χ4v) is 2.20. The van der Waals surface area contributed by atoms with Crippen LogP contribution >= 0.6 is 0 Å². The molecular weight excluding hydrogens is 174 g/mol. The van der Waals surface area contributed by atoms with Crippen LogP contribution in [0.15, 0.2) is 0 Å². The maximum Gasteiger partial charge on any atom is 0.139 e. The Bertz CT molecular complexity index is 181. The van der Waals surface area contributed by atoms with Gasteiger partial charge in [-0.1, -0.05) is 25.7 Å². The second kappa shape index (κ2) is 4.92. The lowest BCUT2D eigenvalue weighted by Gasteiger charge is -2.37. The predicted molar refractivity (Wildman–Crippen MR) is 59.4 cm³/mol. The van der Waals surface area contributed by atoms with Crippen LogP contribution in [0, 0.1) is 0 Å². The molecule has 2 nitrogen and oxygen atoms in total. The highest BCUT2D eigenvalue weighted by molar-refractivity contribution is 5.62. The SMILES string of the molecule is CN(C1CCCCCC1)C(C)(C)C=O. The molecule has 0 amide bonds. The molecule has 14 heavy (non-hydrogen) atoms. The minimum absolute atomic E-state index is 0.297. The van der Waals surface area contributed by atoms with E-state index in [1.807, 2.05) is 13.8 Å². The third-order valence-corrected chi connectivity index (χ3v) is 3.57. The molecule has 1 rings (SSSR count). The van der Waals surface area contributed by atoms with E-state index in [4.69, 9.17) is 0 Å². The van der Waals surface area contributed by atoms with Crippen LogP contribution in [0.25, 0.3) is 0 Å². The molecule has 0 spiro atoms. The standard InChI is InChI=1S/C12H23NO/c1-12(2,10-14)13(3)11-8-6-4-5-7-9-11/h10-11H,4-9H2,1-3H3. The van der Waals surface area contributed by atoms with Crippen molar-refractivity contribution < 1.29 is 4.79 Å². The average Bonchev–Trinajstić information content (AvgIpc) is 2.44. The van der Waals surface area contributed by atoms with E-state index in [-0.39, 0.29) is 5.54 Å². The predicted octanol–water partition coefficient (Wildman–Crippen LogP) is 2.62. The number of hydrogen-bond donors (Lipinski definition) is 0. The van der Waals surface area contributed by atoms with Crippen molar-refractivity contribution in [2.75, 3.05) is 7.05 Å². The van der Waals surface area contributed by atoms with Crippen LogP contribution in [0.1, 0.15) is 52.4 Å². The van der Waals surface area contributed by atoms with E-state index >= 15 is 0 Å². The minimum atomic E-state index is -0.297. The van der Waals surface area contributed by atoms with Gasteiger partial charge in [0, 0.05) is 6.04 Å². The van der Waals surface area contributed by atoms with Gasteiger partial charge in [0.2, 0.25) is 0 Å². The maximum atomic E-state index is 11.0. The van der Waals surface area contributed by atoms with E-state index in [1.54, 1.807) is 0 Å². The first-order valence-electron chi connectivity index (χ1n) is 5.77. The van der Waals surface area contributed by atoms with Crippen LogP contribution in [0.4, 0.5) is 0 Å². The number of aldehydes is 1. The Labute approximate surface area is 87.7 Å². The molecule has 0 aliphatic heterocycles. The first-order chi connectivity index (χ1) is 6.58. The molecule has 0 aromatic heterocycles. The van der Waals surface area contributed by atoms with Gasteiger partial charge in [0.1, 0.15) is 6.29 Å². The summed E-state index contributed by atoms with van der Waals surface area (Å²) in [6.07, 6.45) is 8.96. The van der Waals surface area contributed by atoms with E-state index in [0.29, 0.717) is 6.04 Å². The van der Waals surface area contributed by atoms with Crippen molar-refractivity contribution in [2.24, 2.45) is 0 Å². The van der Waals surface area contributed by atoms with E-state index in [0.717, 1.165) is 6.29 Å². The van der Waals surface area contributed by atoms with Crippen molar-refractivity contribution in [3.8, 4) is 0 Å². The smallest absolute Gasteiger partial charge is 0.139 e. The van der Waals surface area contributed by atoms with E-state index in [2.05, 4.69) is 11.9 Å². The molecule has 0 saturated heterocycles. The summed E-state index contributed by atoms with van der Waals surface area (Å²) in [7, 11) is 2.09. The summed E-state index contributed by atoms with van der Waals surface area (Å²) in [4.78, 5) is 13.2. The van der Waals surface area contributed by atoms with Crippen LogP contribution in [-0.2, 0) is 4.79 Å². The zero-order chi connectivity index (χ0) is 10.6. The summed E-state index contributed by atoms with van der Waals surface area (Å²) in [6, 6.07) is 0.609. The summed E-state index contributed by atoms with van der Waals surface area (Å²) in [5, 5.41) is 0. The molecule has 0 radical (unpaired) electrons. The zero-order valence-electron chi connectivity index (χ0n) is 9.75. The van der Waals surface area contributed by atoms with E-state index < -0.39 is 0 Å². The Balaban J connectivity index is 2.57. The van der Waals surface area contributed by atoms with Gasteiger partial charge in [-0.2, -0.15) is 0 Å². The largest absolute Gasteiger partial charge is 0.301 e. The average molecular weight is 197 g/mol. The van der Waals surface area contributed by atoms with Crippen LogP contribution in [0.2, 0.25) is 0 Å². The molecular formula is C12H23NO. The van der Waals surface area contributed by atoms with Crippen molar-refractivity contribution in [2.45, 2.75) is 64.0 Å². The number of rotatable bonds is 3. The highest BCUT2D eigenvalue weighted by atomic mass is 16.1. The van der Waals surface area contributed by atoms with Crippen LogP contribution in [0.3, 0.4) is 0 Å². The molecule has 2 heteroatoms. The highest BCUT2D eigenvalue weighted by Gasteiger charge is 2.29. The van der Waals surface area contributed by atoms with Gasteiger partial charge in [-0.15, -0.1) is 0 Å². The van der Waals surface area contributed by atoms with Gasteiger partial charge in [0.15, 0.2) is 0 Å². The van der Waals surface area contributed by atoms with Crippen LogP contribution in [0.5, 0.6) is 0 Å². The molecule has 0 N–H and O–H groups in total. The van der Waals surface area contributed by atoms with Gasteiger partial charge in [-0.05, 0) is 33.7 Å². The number of hydrogen-bond acceptors (Lipinski definition) is 2. The Morgan fingerprint density at radius 2 is 1.64 bits per heavy atom. The lowest BCUT2D eigenvalue weighted by atomic mass is 9.99. The number of carbonyl (C=O) groups excluding carboxylic acids is 1. The minimum Gasteiger partial charge on any atom is -0.301 e. The van der Waals surface area contributed by atoms with Crippen molar-refractivity contribution in [1.82, 2.24) is 4.90 Å². The number of nitrogens with zero attached hydrogens (tertiary/aromatic N) is 1. The van der Waals surface area contributed by atoms with Crippen molar-refractivity contribution >= 4 is 6.29 Å². The Hall–Kier alpha value is -0.370. The number of carbonyl (C=O) groups is 1. The van der Waals surface area contributed by atoms with E-state index in [1.165, 1.54) is 38.5 Å². The first-order valence-corrected chi connectivity index (χ1v) is 5.77. The summed E-state index contributed by atoms with van der Waals surface area (Å²) in [5.41, 5.74) is -0.297. The fourth-order valence-electron chi connectivity index (χ4n) is 2.20. The maximum absolute atomic E-state index is 11.0. The Kier molecular flexibility index (Phi) is 4.11. The summed E-state index contributed by atoms with van der Waals surface area (Å²) >= 11 is 0. The molecule has 1 saturated carbocycles. The molecule has 0 heterocycles. The van der Waals surface area contributed by atoms with Gasteiger partial charge in [-0.3, -0.25) is 4.90 Å². The van der Waals surface area contributed by atoms with Crippen molar-refractivity contribution in [1.29, 1.82) is 0 Å². The molecule has 0 aromatic rings. The normalized spacial score (nSPS) is 20.9. The molecule has 0 bridgehead atoms. The zero-order valence-corrected chi connectivity index (χ0v) is 9.75. The third-order valence-electron chi connectivity index (χ3n) is 3.57. The Morgan fingerprint density at radius 1 is 1.14 bits per heavy atom. The molecule has 0 atom stereocenters. The van der Waals surface area contributed by atoms with Crippen molar-refractivity contribution in [3.63, 3.8) is 0 Å². The monoisotopic (exact) mass is 197 g/mol. The molecule has 0 aromatic carbocycles. The van der Waals surface area contributed by atoms with Crippen molar-refractivity contribution in [3.05, 3.63) is 0 Å². The molecule has 82 valence electrons. The highest BCUT2D eigenvalue weighted by Crippen LogP contribution is 2.25.